The third-order valence-electron chi connectivity index (χ3n) is 4.64. The number of rotatable bonds is 6. The Bertz CT molecular complexity index is 1010. The van der Waals surface area contributed by atoms with E-state index >= 15 is 0 Å². The van der Waals surface area contributed by atoms with Gasteiger partial charge >= 0.3 is 0 Å². The molecule has 28 heavy (non-hydrogen) atoms. The number of aryl methyl sites for hydroxylation is 1. The molecule has 3 rings (SSSR count). The number of amides is 2. The molecule has 2 amide bonds. The molecule has 0 bridgehead atoms. The highest BCUT2D eigenvalue weighted by Gasteiger charge is 2.12. The van der Waals surface area contributed by atoms with Crippen molar-refractivity contribution in [1.82, 2.24) is 10.2 Å². The number of hydrogen-bond donors (Lipinski definition) is 1. The van der Waals surface area contributed by atoms with Crippen molar-refractivity contribution in [2.75, 3.05) is 20.7 Å². The van der Waals surface area contributed by atoms with E-state index in [1.165, 1.54) is 0 Å². The van der Waals surface area contributed by atoms with Crippen molar-refractivity contribution >= 4 is 22.6 Å². The van der Waals surface area contributed by atoms with Crippen LogP contribution in [0.2, 0.25) is 0 Å². The van der Waals surface area contributed by atoms with Gasteiger partial charge in [-0.15, -0.1) is 0 Å². The van der Waals surface area contributed by atoms with Crippen LogP contribution in [0.25, 0.3) is 10.8 Å². The first-order valence-electron chi connectivity index (χ1n) is 9.12. The Morgan fingerprint density at radius 3 is 2.50 bits per heavy atom. The van der Waals surface area contributed by atoms with Crippen LogP contribution >= 0.6 is 0 Å². The molecule has 5 heteroatoms. The Morgan fingerprint density at radius 2 is 1.75 bits per heavy atom. The number of carbonyl (C=O) groups excluding carboxylic acids is 2. The van der Waals surface area contributed by atoms with E-state index in [1.54, 1.807) is 31.2 Å². The summed E-state index contributed by atoms with van der Waals surface area (Å²) in [4.78, 5) is 26.2. The summed E-state index contributed by atoms with van der Waals surface area (Å²) in [6.45, 7) is 2.37. The Kier molecular flexibility index (Phi) is 5.94. The van der Waals surface area contributed by atoms with Crippen LogP contribution in [-0.4, -0.2) is 37.4 Å². The van der Waals surface area contributed by atoms with Crippen LogP contribution < -0.4 is 10.1 Å². The minimum atomic E-state index is -0.245. The maximum atomic E-state index is 12.4. The van der Waals surface area contributed by atoms with Crippen molar-refractivity contribution in [2.45, 2.75) is 13.5 Å². The fourth-order valence-electron chi connectivity index (χ4n) is 3.04. The summed E-state index contributed by atoms with van der Waals surface area (Å²) in [5, 5.41) is 4.87. The number of carbonyl (C=O) groups is 2. The molecule has 144 valence electrons. The number of nitrogens with zero attached hydrogens (tertiary/aromatic N) is 1. The normalized spacial score (nSPS) is 10.5. The number of benzene rings is 3. The van der Waals surface area contributed by atoms with Gasteiger partial charge in [0.1, 0.15) is 5.75 Å². The molecular formula is C23H24N2O3. The molecular weight excluding hydrogens is 352 g/mol. The summed E-state index contributed by atoms with van der Waals surface area (Å²) >= 11 is 0. The van der Waals surface area contributed by atoms with Gasteiger partial charge in [-0.3, -0.25) is 9.59 Å². The molecule has 0 saturated heterocycles. The van der Waals surface area contributed by atoms with E-state index in [9.17, 15) is 9.59 Å². The molecule has 0 aliphatic heterocycles. The Hall–Kier alpha value is -3.34. The molecule has 0 aliphatic carbocycles. The second kappa shape index (κ2) is 8.57. The van der Waals surface area contributed by atoms with Gasteiger partial charge in [0.2, 0.25) is 5.91 Å². The zero-order valence-electron chi connectivity index (χ0n) is 16.4. The van der Waals surface area contributed by atoms with Gasteiger partial charge in [0.05, 0.1) is 13.7 Å². The lowest BCUT2D eigenvalue weighted by Crippen LogP contribution is -2.37. The van der Waals surface area contributed by atoms with Gasteiger partial charge in [0.25, 0.3) is 5.91 Å². The smallest absolute Gasteiger partial charge is 0.251 e. The minimum absolute atomic E-state index is 0.0337. The third-order valence-corrected chi connectivity index (χ3v) is 4.64. The van der Waals surface area contributed by atoms with E-state index in [-0.39, 0.29) is 18.4 Å². The molecule has 0 aliphatic rings. The second-order valence-electron chi connectivity index (χ2n) is 6.85. The molecule has 0 saturated carbocycles. The minimum Gasteiger partial charge on any atom is -0.497 e. The van der Waals surface area contributed by atoms with Gasteiger partial charge in [-0.2, -0.15) is 0 Å². The maximum absolute atomic E-state index is 12.4. The molecule has 3 aromatic rings. The standard InChI is InChI=1S/C23H24N2O3/c1-16-5-4-6-20(11-16)23(27)24-14-22(26)25(2)15-17-7-8-19-13-21(28-3)10-9-18(19)12-17/h4-13H,14-15H2,1-3H3,(H,24,27). The van der Waals surface area contributed by atoms with Crippen molar-refractivity contribution in [3.05, 3.63) is 77.4 Å². The monoisotopic (exact) mass is 376 g/mol. The van der Waals surface area contributed by atoms with Crippen LogP contribution in [0.3, 0.4) is 0 Å². The first-order chi connectivity index (χ1) is 13.5. The van der Waals surface area contributed by atoms with Gasteiger partial charge in [-0.1, -0.05) is 35.9 Å². The first kappa shape index (κ1) is 19.4. The zero-order valence-corrected chi connectivity index (χ0v) is 16.4. The lowest BCUT2D eigenvalue weighted by atomic mass is 10.1. The first-order valence-corrected chi connectivity index (χ1v) is 9.12. The van der Waals surface area contributed by atoms with Crippen molar-refractivity contribution in [3.63, 3.8) is 0 Å². The Balaban J connectivity index is 1.59. The molecule has 0 radical (unpaired) electrons. The van der Waals surface area contributed by atoms with Crippen molar-refractivity contribution in [3.8, 4) is 5.75 Å². The predicted octanol–water partition coefficient (Wildman–Crippen LogP) is 3.55. The summed E-state index contributed by atoms with van der Waals surface area (Å²) in [6, 6.07) is 19.3. The fraction of sp³-hybridized carbons (Fsp3) is 0.217. The molecule has 0 heterocycles. The van der Waals surface area contributed by atoms with Crippen LogP contribution in [-0.2, 0) is 11.3 Å². The lowest BCUT2D eigenvalue weighted by molar-refractivity contribution is -0.129. The number of likely N-dealkylation sites (N-methyl/N-ethyl adjacent to an activating group) is 1. The zero-order chi connectivity index (χ0) is 20.1. The Labute approximate surface area is 164 Å². The second-order valence-corrected chi connectivity index (χ2v) is 6.85. The number of fused-ring (bicyclic) bond motifs is 1. The number of ether oxygens (including phenoxy) is 1. The molecule has 0 fully saturated rings. The summed E-state index contributed by atoms with van der Waals surface area (Å²) in [7, 11) is 3.38. The van der Waals surface area contributed by atoms with E-state index in [2.05, 4.69) is 11.4 Å². The van der Waals surface area contributed by atoms with Crippen molar-refractivity contribution in [1.29, 1.82) is 0 Å². The quantitative estimate of drug-likeness (QED) is 0.716. The molecule has 0 spiro atoms. The van der Waals surface area contributed by atoms with Gasteiger partial charge in [0, 0.05) is 19.2 Å². The fourth-order valence-corrected chi connectivity index (χ4v) is 3.04. The van der Waals surface area contributed by atoms with Crippen LogP contribution in [0, 0.1) is 6.92 Å². The molecule has 5 nitrogen and oxygen atoms in total. The van der Waals surface area contributed by atoms with E-state index in [0.29, 0.717) is 12.1 Å². The van der Waals surface area contributed by atoms with Gasteiger partial charge in [0.15, 0.2) is 0 Å². The van der Waals surface area contributed by atoms with E-state index in [4.69, 9.17) is 4.74 Å². The molecule has 0 aromatic heterocycles. The van der Waals surface area contributed by atoms with E-state index < -0.39 is 0 Å². The van der Waals surface area contributed by atoms with Gasteiger partial charge in [-0.05, 0) is 53.6 Å². The van der Waals surface area contributed by atoms with Crippen molar-refractivity contribution in [2.24, 2.45) is 0 Å². The summed E-state index contributed by atoms with van der Waals surface area (Å²) in [5.74, 6) is 0.429. The molecule has 0 unspecified atom stereocenters. The number of nitrogens with one attached hydrogen (secondary N) is 1. The molecule has 0 atom stereocenters. The molecule has 3 aromatic carbocycles. The van der Waals surface area contributed by atoms with Crippen LogP contribution in [0.5, 0.6) is 5.75 Å². The average molecular weight is 376 g/mol. The number of methoxy groups -OCH3 is 1. The highest BCUT2D eigenvalue weighted by atomic mass is 16.5. The van der Waals surface area contributed by atoms with Crippen LogP contribution in [0.15, 0.2) is 60.7 Å². The highest BCUT2D eigenvalue weighted by molar-refractivity contribution is 5.96. The van der Waals surface area contributed by atoms with Gasteiger partial charge < -0.3 is 15.0 Å². The Morgan fingerprint density at radius 1 is 1.00 bits per heavy atom. The van der Waals surface area contributed by atoms with Gasteiger partial charge in [-0.25, -0.2) is 0 Å². The van der Waals surface area contributed by atoms with Crippen LogP contribution in [0.1, 0.15) is 21.5 Å². The highest BCUT2D eigenvalue weighted by Crippen LogP contribution is 2.22. The largest absolute Gasteiger partial charge is 0.497 e. The van der Waals surface area contributed by atoms with E-state index in [0.717, 1.165) is 27.6 Å². The lowest BCUT2D eigenvalue weighted by Gasteiger charge is -2.18. The SMILES string of the molecule is COc1ccc2cc(CN(C)C(=O)CNC(=O)c3cccc(C)c3)ccc2c1. The summed E-state index contributed by atoms with van der Waals surface area (Å²) < 4.78 is 5.25. The third kappa shape index (κ3) is 4.68. The predicted molar refractivity (Wildman–Crippen MR) is 110 cm³/mol. The molecule has 1 N–H and O–H groups in total. The summed E-state index contributed by atoms with van der Waals surface area (Å²) in [5.41, 5.74) is 2.59. The van der Waals surface area contributed by atoms with Crippen molar-refractivity contribution < 1.29 is 14.3 Å². The number of hydrogen-bond acceptors (Lipinski definition) is 3. The average Bonchev–Trinajstić information content (AvgIpc) is 2.71. The van der Waals surface area contributed by atoms with Crippen LogP contribution in [0.4, 0.5) is 0 Å². The van der Waals surface area contributed by atoms with E-state index in [1.807, 2.05) is 49.4 Å². The topological polar surface area (TPSA) is 58.6 Å². The summed E-state index contributed by atoms with van der Waals surface area (Å²) in [6.07, 6.45) is 0. The maximum Gasteiger partial charge on any atom is 0.251 e.